The fourth-order valence-electron chi connectivity index (χ4n) is 1.71. The number of hydrogen-bond acceptors (Lipinski definition) is 6. The van der Waals surface area contributed by atoms with Gasteiger partial charge in [0.1, 0.15) is 27.2 Å². The molecule has 0 spiro atoms. The third-order valence-corrected chi connectivity index (χ3v) is 3.40. The highest BCUT2D eigenvalue weighted by Crippen LogP contribution is 2.28. The first-order chi connectivity index (χ1) is 8.74. The van der Waals surface area contributed by atoms with Crippen LogP contribution in [-0.4, -0.2) is 31.4 Å². The normalized spacial score (nSPS) is 12.5. The van der Waals surface area contributed by atoms with Crippen LogP contribution < -0.4 is 5.32 Å². The summed E-state index contributed by atoms with van der Waals surface area (Å²) in [6.07, 6.45) is 1.09. The van der Waals surface area contributed by atoms with Crippen LogP contribution in [0.3, 0.4) is 0 Å². The topological polar surface area (TPSA) is 113 Å². The lowest BCUT2D eigenvalue weighted by Gasteiger charge is -2.14. The van der Waals surface area contributed by atoms with Gasteiger partial charge in [-0.15, -0.1) is 0 Å². The molecule has 0 bridgehead atoms. The van der Waals surface area contributed by atoms with Gasteiger partial charge in [0.05, 0.1) is 10.7 Å². The molecule has 1 aromatic carbocycles. The number of nitro groups is 1. The Hall–Kier alpha value is -2.14. The zero-order valence-electron chi connectivity index (χ0n) is 10.5. The van der Waals surface area contributed by atoms with Gasteiger partial charge in [0.15, 0.2) is 0 Å². The van der Waals surface area contributed by atoms with E-state index in [1.54, 1.807) is 13.0 Å². The van der Waals surface area contributed by atoms with Gasteiger partial charge in [-0.2, -0.15) is 5.26 Å². The van der Waals surface area contributed by atoms with E-state index in [2.05, 4.69) is 5.32 Å². The van der Waals surface area contributed by atoms with Crippen LogP contribution in [0.15, 0.2) is 18.2 Å². The summed E-state index contributed by atoms with van der Waals surface area (Å²) in [5.74, 6) is -0.152. The van der Waals surface area contributed by atoms with Crippen molar-refractivity contribution in [1.82, 2.24) is 0 Å². The molecule has 1 unspecified atom stereocenters. The summed E-state index contributed by atoms with van der Waals surface area (Å²) < 4.78 is 22.3. The Morgan fingerprint density at radius 3 is 2.63 bits per heavy atom. The van der Waals surface area contributed by atoms with Crippen LogP contribution in [0.2, 0.25) is 0 Å². The predicted molar refractivity (Wildman–Crippen MR) is 70.6 cm³/mol. The number of para-hydroxylation sites is 1. The Kier molecular flexibility index (Phi) is 4.45. The second kappa shape index (κ2) is 5.67. The minimum atomic E-state index is -3.19. The number of sulfone groups is 1. The van der Waals surface area contributed by atoms with Gasteiger partial charge in [-0.05, 0) is 19.1 Å². The quantitative estimate of drug-likeness (QED) is 0.643. The summed E-state index contributed by atoms with van der Waals surface area (Å²) >= 11 is 0. The van der Waals surface area contributed by atoms with Crippen molar-refractivity contribution < 1.29 is 13.3 Å². The lowest BCUT2D eigenvalue weighted by atomic mass is 10.1. The molecule has 8 heteroatoms. The van der Waals surface area contributed by atoms with Gasteiger partial charge < -0.3 is 5.32 Å². The maximum absolute atomic E-state index is 11.1. The number of nitrogens with one attached hydrogen (secondary N) is 1. The van der Waals surface area contributed by atoms with Gasteiger partial charge in [-0.1, -0.05) is 6.07 Å². The van der Waals surface area contributed by atoms with E-state index < -0.39 is 20.8 Å². The molecule has 0 aliphatic carbocycles. The highest BCUT2D eigenvalue weighted by atomic mass is 32.2. The summed E-state index contributed by atoms with van der Waals surface area (Å²) in [5.41, 5.74) is -0.271. The predicted octanol–water partition coefficient (Wildman–Crippen LogP) is 1.31. The number of nitrogens with zero attached hydrogens (tertiary/aromatic N) is 2. The molecule has 19 heavy (non-hydrogen) atoms. The fraction of sp³-hybridized carbons (Fsp3) is 0.364. The number of rotatable bonds is 5. The molecule has 1 atom stereocenters. The number of hydrogen-bond donors (Lipinski definition) is 1. The Balaban J connectivity index is 3.09. The van der Waals surface area contributed by atoms with Crippen molar-refractivity contribution in [1.29, 1.82) is 5.26 Å². The number of anilines is 1. The molecular formula is C11H13N3O4S. The van der Waals surface area contributed by atoms with Crippen molar-refractivity contribution in [2.45, 2.75) is 13.0 Å². The van der Waals surface area contributed by atoms with Gasteiger partial charge in [0.2, 0.25) is 0 Å². The molecule has 1 aromatic rings. The molecule has 1 N–H and O–H groups in total. The zero-order valence-corrected chi connectivity index (χ0v) is 11.3. The van der Waals surface area contributed by atoms with Crippen molar-refractivity contribution in [3.05, 3.63) is 33.9 Å². The first-order valence-electron chi connectivity index (χ1n) is 5.36. The van der Waals surface area contributed by atoms with Crippen LogP contribution in [0.25, 0.3) is 0 Å². The van der Waals surface area contributed by atoms with Crippen LogP contribution in [0, 0.1) is 21.4 Å². The Morgan fingerprint density at radius 2 is 2.16 bits per heavy atom. The molecule has 102 valence electrons. The summed E-state index contributed by atoms with van der Waals surface area (Å²) in [7, 11) is -3.19. The Morgan fingerprint density at radius 1 is 1.53 bits per heavy atom. The summed E-state index contributed by atoms with van der Waals surface area (Å²) in [5, 5.41) is 22.5. The molecular weight excluding hydrogens is 270 g/mol. The van der Waals surface area contributed by atoms with Gasteiger partial charge in [-0.25, -0.2) is 8.42 Å². The zero-order chi connectivity index (χ0) is 14.6. The van der Waals surface area contributed by atoms with Crippen LogP contribution >= 0.6 is 0 Å². The second-order valence-electron chi connectivity index (χ2n) is 4.21. The van der Waals surface area contributed by atoms with E-state index in [4.69, 9.17) is 5.26 Å². The average Bonchev–Trinajstić information content (AvgIpc) is 2.25. The average molecular weight is 283 g/mol. The van der Waals surface area contributed by atoms with Crippen LogP contribution in [-0.2, 0) is 9.84 Å². The third kappa shape index (κ3) is 4.22. The standard InChI is InChI=1S/C11H13N3O4S/c1-8(7-19(2,17)18)13-10-5-3-4-9(6-12)11(10)14(15)16/h3-5,8,13H,7H2,1-2H3. The van der Waals surface area contributed by atoms with E-state index in [0.29, 0.717) is 0 Å². The first-order valence-corrected chi connectivity index (χ1v) is 7.42. The summed E-state index contributed by atoms with van der Waals surface area (Å²) in [6.45, 7) is 1.60. The monoisotopic (exact) mass is 283 g/mol. The molecule has 0 aromatic heterocycles. The van der Waals surface area contributed by atoms with Crippen LogP contribution in [0.5, 0.6) is 0 Å². The fourth-order valence-corrected chi connectivity index (χ4v) is 2.70. The van der Waals surface area contributed by atoms with Crippen LogP contribution in [0.4, 0.5) is 11.4 Å². The molecule has 0 heterocycles. The van der Waals surface area contributed by atoms with Crippen molar-refractivity contribution in [2.75, 3.05) is 17.3 Å². The lowest BCUT2D eigenvalue weighted by Crippen LogP contribution is -2.25. The molecule has 0 fully saturated rings. The number of nitro benzene ring substituents is 1. The largest absolute Gasteiger partial charge is 0.376 e. The molecule has 1 rings (SSSR count). The van der Waals surface area contributed by atoms with E-state index in [1.807, 2.05) is 0 Å². The van der Waals surface area contributed by atoms with E-state index in [1.165, 1.54) is 18.2 Å². The van der Waals surface area contributed by atoms with Gasteiger partial charge in [-0.3, -0.25) is 10.1 Å². The summed E-state index contributed by atoms with van der Waals surface area (Å²) in [6, 6.07) is 5.52. The van der Waals surface area contributed by atoms with Crippen molar-refractivity contribution in [3.8, 4) is 6.07 Å². The maximum Gasteiger partial charge on any atom is 0.309 e. The molecule has 0 aliphatic heterocycles. The van der Waals surface area contributed by atoms with Crippen molar-refractivity contribution in [3.63, 3.8) is 0 Å². The van der Waals surface area contributed by atoms with E-state index in [9.17, 15) is 18.5 Å². The highest BCUT2D eigenvalue weighted by Gasteiger charge is 2.21. The molecule has 0 aliphatic rings. The third-order valence-electron chi connectivity index (χ3n) is 2.29. The lowest BCUT2D eigenvalue weighted by molar-refractivity contribution is -0.384. The van der Waals surface area contributed by atoms with Gasteiger partial charge >= 0.3 is 5.69 Å². The maximum atomic E-state index is 11.1. The Labute approximate surface area is 110 Å². The van der Waals surface area contributed by atoms with Crippen molar-refractivity contribution >= 4 is 21.2 Å². The SMILES string of the molecule is CC(CS(C)(=O)=O)Nc1cccc(C#N)c1[N+](=O)[O-]. The smallest absolute Gasteiger partial charge is 0.309 e. The molecule has 0 radical (unpaired) electrons. The van der Waals surface area contributed by atoms with Gasteiger partial charge in [0, 0.05) is 12.3 Å². The summed E-state index contributed by atoms with van der Waals surface area (Å²) in [4.78, 5) is 10.3. The van der Waals surface area contributed by atoms with E-state index >= 15 is 0 Å². The number of benzene rings is 1. The minimum Gasteiger partial charge on any atom is -0.376 e. The first kappa shape index (κ1) is 14.9. The van der Waals surface area contributed by atoms with E-state index in [0.717, 1.165) is 6.26 Å². The van der Waals surface area contributed by atoms with Crippen molar-refractivity contribution in [2.24, 2.45) is 0 Å². The van der Waals surface area contributed by atoms with Crippen LogP contribution in [0.1, 0.15) is 12.5 Å². The molecule has 0 saturated carbocycles. The molecule has 0 amide bonds. The molecule has 0 saturated heterocycles. The Bertz CT molecular complexity index is 634. The van der Waals surface area contributed by atoms with Gasteiger partial charge in [0.25, 0.3) is 0 Å². The highest BCUT2D eigenvalue weighted by molar-refractivity contribution is 7.90. The second-order valence-corrected chi connectivity index (χ2v) is 6.39. The number of nitriles is 1. The minimum absolute atomic E-state index is 0.0680. The van der Waals surface area contributed by atoms with E-state index in [-0.39, 0.29) is 22.7 Å². The molecule has 7 nitrogen and oxygen atoms in total.